The Kier molecular flexibility index (Phi) is 10.1. The third-order valence-electron chi connectivity index (χ3n) is 3.21. The molecule has 1 rings (SSSR count). The summed E-state index contributed by atoms with van der Waals surface area (Å²) in [6.45, 7) is 7.65. The lowest BCUT2D eigenvalue weighted by Gasteiger charge is -2.27. The van der Waals surface area contributed by atoms with Gasteiger partial charge in [-0.15, -0.1) is 0 Å². The molecule has 0 amide bonds. The minimum absolute atomic E-state index is 0.0425. The molecule has 1 aromatic carbocycles. The van der Waals surface area contributed by atoms with Crippen LogP contribution in [0.2, 0.25) is 0 Å². The van der Waals surface area contributed by atoms with E-state index in [1.54, 1.807) is 6.07 Å². The standard InChI is InChI=1S/C16H24BrFINO2/c1-4-7-14(16(21-5-2)22-6-3)20-10-11-8-12(17)9-13(19)15(11)18/h8-9,14,16,20H,4-7,10H2,1-3H3. The zero-order chi connectivity index (χ0) is 16.5. The number of ether oxygens (including phenoxy) is 2. The summed E-state index contributed by atoms with van der Waals surface area (Å²) in [6.07, 6.45) is 1.62. The normalized spacial score (nSPS) is 12.9. The number of benzene rings is 1. The Labute approximate surface area is 154 Å². The highest BCUT2D eigenvalue weighted by Gasteiger charge is 2.21. The molecule has 1 atom stereocenters. The number of nitrogens with one attached hydrogen (secondary N) is 1. The van der Waals surface area contributed by atoms with E-state index in [1.807, 2.05) is 42.5 Å². The van der Waals surface area contributed by atoms with Gasteiger partial charge in [0, 0.05) is 29.8 Å². The van der Waals surface area contributed by atoms with Crippen LogP contribution in [0, 0.1) is 9.39 Å². The molecule has 3 nitrogen and oxygen atoms in total. The number of rotatable bonds is 10. The van der Waals surface area contributed by atoms with Crippen LogP contribution in [-0.2, 0) is 16.0 Å². The summed E-state index contributed by atoms with van der Waals surface area (Å²) < 4.78 is 27.0. The Morgan fingerprint density at radius 3 is 2.41 bits per heavy atom. The molecule has 6 heteroatoms. The molecular weight excluding hydrogens is 464 g/mol. The van der Waals surface area contributed by atoms with Gasteiger partial charge in [-0.2, -0.15) is 0 Å². The van der Waals surface area contributed by atoms with E-state index >= 15 is 0 Å². The number of hydrogen-bond donors (Lipinski definition) is 1. The van der Waals surface area contributed by atoms with Crippen molar-refractivity contribution in [3.63, 3.8) is 0 Å². The largest absolute Gasteiger partial charge is 0.351 e. The van der Waals surface area contributed by atoms with Crippen LogP contribution in [-0.4, -0.2) is 25.5 Å². The monoisotopic (exact) mass is 487 g/mol. The van der Waals surface area contributed by atoms with E-state index in [4.69, 9.17) is 9.47 Å². The Morgan fingerprint density at radius 1 is 1.23 bits per heavy atom. The van der Waals surface area contributed by atoms with Crippen LogP contribution in [0.3, 0.4) is 0 Å². The van der Waals surface area contributed by atoms with E-state index in [1.165, 1.54) is 0 Å². The van der Waals surface area contributed by atoms with Crippen LogP contribution >= 0.6 is 38.5 Å². The van der Waals surface area contributed by atoms with Crippen LogP contribution in [0.5, 0.6) is 0 Å². The first-order valence-electron chi connectivity index (χ1n) is 7.63. The SMILES string of the molecule is CCCC(NCc1cc(Br)cc(I)c1F)C(OCC)OCC. The van der Waals surface area contributed by atoms with E-state index in [0.717, 1.165) is 17.3 Å². The van der Waals surface area contributed by atoms with Gasteiger partial charge in [-0.25, -0.2) is 4.39 Å². The lowest BCUT2D eigenvalue weighted by molar-refractivity contribution is -0.155. The van der Waals surface area contributed by atoms with Crippen LogP contribution < -0.4 is 5.32 Å². The van der Waals surface area contributed by atoms with Crippen molar-refractivity contribution in [2.45, 2.75) is 52.5 Å². The molecular formula is C16H24BrFINO2. The van der Waals surface area contributed by atoms with Crippen molar-refractivity contribution < 1.29 is 13.9 Å². The van der Waals surface area contributed by atoms with E-state index < -0.39 is 0 Å². The molecule has 22 heavy (non-hydrogen) atoms. The molecule has 0 spiro atoms. The second-order valence-electron chi connectivity index (χ2n) is 4.92. The first-order chi connectivity index (χ1) is 10.5. The van der Waals surface area contributed by atoms with Crippen molar-refractivity contribution in [3.8, 4) is 0 Å². The molecule has 0 saturated heterocycles. The fourth-order valence-corrected chi connectivity index (χ4v) is 3.85. The number of halogens is 3. The Balaban J connectivity index is 2.78. The maximum Gasteiger partial charge on any atom is 0.172 e. The van der Waals surface area contributed by atoms with Gasteiger partial charge in [-0.05, 0) is 55.0 Å². The molecule has 1 N–H and O–H groups in total. The van der Waals surface area contributed by atoms with Gasteiger partial charge < -0.3 is 14.8 Å². The molecule has 0 heterocycles. The fourth-order valence-electron chi connectivity index (χ4n) is 2.23. The van der Waals surface area contributed by atoms with Crippen molar-refractivity contribution in [2.75, 3.05) is 13.2 Å². The zero-order valence-electron chi connectivity index (χ0n) is 13.3. The van der Waals surface area contributed by atoms with Crippen LogP contribution in [0.25, 0.3) is 0 Å². The third kappa shape index (κ3) is 6.39. The van der Waals surface area contributed by atoms with E-state index in [0.29, 0.717) is 28.9 Å². The van der Waals surface area contributed by atoms with E-state index in [9.17, 15) is 4.39 Å². The highest BCUT2D eigenvalue weighted by atomic mass is 127. The van der Waals surface area contributed by atoms with E-state index in [2.05, 4.69) is 28.2 Å². The summed E-state index contributed by atoms with van der Waals surface area (Å²) in [5.41, 5.74) is 0.645. The molecule has 0 aliphatic carbocycles. The molecule has 0 fully saturated rings. The molecule has 0 aromatic heterocycles. The van der Waals surface area contributed by atoms with Gasteiger partial charge in [0.25, 0.3) is 0 Å². The van der Waals surface area contributed by atoms with Gasteiger partial charge in [-0.1, -0.05) is 29.3 Å². The summed E-state index contributed by atoms with van der Waals surface area (Å²) in [7, 11) is 0. The van der Waals surface area contributed by atoms with Crippen molar-refractivity contribution in [3.05, 3.63) is 31.6 Å². The van der Waals surface area contributed by atoms with E-state index in [-0.39, 0.29) is 18.1 Å². The summed E-state index contributed by atoms with van der Waals surface area (Å²) >= 11 is 5.42. The van der Waals surface area contributed by atoms with Gasteiger partial charge >= 0.3 is 0 Å². The summed E-state index contributed by atoms with van der Waals surface area (Å²) in [5.74, 6) is -0.170. The summed E-state index contributed by atoms with van der Waals surface area (Å²) in [5, 5.41) is 3.39. The van der Waals surface area contributed by atoms with Crippen LogP contribution in [0.1, 0.15) is 39.2 Å². The van der Waals surface area contributed by atoms with Crippen LogP contribution in [0.15, 0.2) is 16.6 Å². The highest BCUT2D eigenvalue weighted by Crippen LogP contribution is 2.22. The van der Waals surface area contributed by atoms with Crippen LogP contribution in [0.4, 0.5) is 4.39 Å². The van der Waals surface area contributed by atoms with Gasteiger partial charge in [0.15, 0.2) is 6.29 Å². The topological polar surface area (TPSA) is 30.5 Å². The number of hydrogen-bond acceptors (Lipinski definition) is 3. The predicted molar refractivity (Wildman–Crippen MR) is 99.4 cm³/mol. The van der Waals surface area contributed by atoms with Crippen molar-refractivity contribution >= 4 is 38.5 Å². The third-order valence-corrected chi connectivity index (χ3v) is 4.46. The predicted octanol–water partition coefficient (Wildman–Crippen LogP) is 4.85. The molecule has 0 radical (unpaired) electrons. The smallest absolute Gasteiger partial charge is 0.172 e. The molecule has 0 bridgehead atoms. The highest BCUT2D eigenvalue weighted by molar-refractivity contribution is 14.1. The molecule has 1 aromatic rings. The minimum atomic E-state index is -0.302. The Morgan fingerprint density at radius 2 is 1.86 bits per heavy atom. The molecule has 0 aliphatic rings. The molecule has 0 saturated carbocycles. The van der Waals surface area contributed by atoms with Gasteiger partial charge in [0.1, 0.15) is 5.82 Å². The lowest BCUT2D eigenvalue weighted by Crippen LogP contribution is -2.43. The molecule has 126 valence electrons. The quantitative estimate of drug-likeness (QED) is 0.290. The fraction of sp³-hybridized carbons (Fsp3) is 0.625. The van der Waals surface area contributed by atoms with Crippen molar-refractivity contribution in [2.24, 2.45) is 0 Å². The molecule has 0 aliphatic heterocycles. The maximum absolute atomic E-state index is 14.2. The van der Waals surface area contributed by atoms with Crippen molar-refractivity contribution in [1.82, 2.24) is 5.32 Å². The Bertz CT molecular complexity index is 456. The maximum atomic E-state index is 14.2. The zero-order valence-corrected chi connectivity index (χ0v) is 17.0. The Hall–Kier alpha value is 0.240. The first-order valence-corrected chi connectivity index (χ1v) is 9.50. The minimum Gasteiger partial charge on any atom is -0.351 e. The van der Waals surface area contributed by atoms with Gasteiger partial charge in [0.2, 0.25) is 0 Å². The summed E-state index contributed by atoms with van der Waals surface area (Å²) in [6, 6.07) is 3.62. The average molecular weight is 488 g/mol. The van der Waals surface area contributed by atoms with Crippen molar-refractivity contribution in [1.29, 1.82) is 0 Å². The average Bonchev–Trinajstić information content (AvgIpc) is 2.47. The first kappa shape index (κ1) is 20.3. The second kappa shape index (κ2) is 10.9. The lowest BCUT2D eigenvalue weighted by atomic mass is 10.1. The molecule has 1 unspecified atom stereocenters. The van der Waals surface area contributed by atoms with Gasteiger partial charge in [-0.3, -0.25) is 0 Å². The summed E-state index contributed by atoms with van der Waals surface area (Å²) in [4.78, 5) is 0. The van der Waals surface area contributed by atoms with Gasteiger partial charge in [0.05, 0.1) is 9.61 Å². The second-order valence-corrected chi connectivity index (χ2v) is 6.99.